The van der Waals surface area contributed by atoms with E-state index in [4.69, 9.17) is 24.7 Å². The fourth-order valence-corrected chi connectivity index (χ4v) is 6.92. The Labute approximate surface area is 347 Å². The SMILES string of the molecule is Cc1ccc(-c2nc(-c3ccc(C)cc3)nc(-c3cc4c5cc(C(C)(C)C)ccc5n(-c5ccccn5)c4[c-]c3Oc3[c-]c(N4C=CN(C)[CH-]4)ccc3)n2)cc1.[Pt]. The summed E-state index contributed by atoms with van der Waals surface area (Å²) in [7, 11) is 1.99. The minimum atomic E-state index is -0.0685. The van der Waals surface area contributed by atoms with E-state index < -0.39 is 0 Å². The van der Waals surface area contributed by atoms with Crippen LogP contribution in [0.3, 0.4) is 0 Å². The van der Waals surface area contributed by atoms with Crippen LogP contribution < -0.4 is 9.64 Å². The second kappa shape index (κ2) is 15.1. The molecule has 9 rings (SSSR count). The number of hydrogen-bond acceptors (Lipinski definition) is 7. The molecule has 0 amide bonds. The van der Waals surface area contributed by atoms with Crippen molar-refractivity contribution in [2.75, 3.05) is 11.9 Å². The summed E-state index contributed by atoms with van der Waals surface area (Å²) in [4.78, 5) is 24.1. The number of pyridine rings is 1. The smallest absolute Gasteiger partial charge is 0.162 e. The second-order valence-corrected chi connectivity index (χ2v) is 15.3. The number of hydrogen-bond donors (Lipinski definition) is 0. The van der Waals surface area contributed by atoms with Crippen molar-refractivity contribution in [3.63, 3.8) is 0 Å². The first-order valence-electron chi connectivity index (χ1n) is 18.7. The average molecular weight is 926 g/mol. The van der Waals surface area contributed by atoms with Crippen LogP contribution in [0.4, 0.5) is 5.69 Å². The second-order valence-electron chi connectivity index (χ2n) is 15.3. The summed E-state index contributed by atoms with van der Waals surface area (Å²) in [6.45, 7) is 12.8. The summed E-state index contributed by atoms with van der Waals surface area (Å²) in [5.74, 6) is 3.36. The van der Waals surface area contributed by atoms with Crippen LogP contribution in [0.1, 0.15) is 37.5 Å². The van der Waals surface area contributed by atoms with Crippen molar-refractivity contribution in [1.82, 2.24) is 29.4 Å². The molecule has 5 aromatic carbocycles. The van der Waals surface area contributed by atoms with Gasteiger partial charge >= 0.3 is 0 Å². The maximum atomic E-state index is 6.86. The van der Waals surface area contributed by atoms with Crippen LogP contribution in [-0.4, -0.2) is 36.5 Å². The maximum Gasteiger partial charge on any atom is 0.162 e. The number of benzene rings is 5. The van der Waals surface area contributed by atoms with Gasteiger partial charge < -0.3 is 19.1 Å². The van der Waals surface area contributed by atoms with E-state index in [2.05, 4.69) is 124 Å². The molecule has 1 aliphatic rings. The van der Waals surface area contributed by atoms with Crippen LogP contribution in [0, 0.1) is 32.6 Å². The van der Waals surface area contributed by atoms with Crippen LogP contribution >= 0.6 is 0 Å². The minimum Gasteiger partial charge on any atom is -0.510 e. The number of fused-ring (bicyclic) bond motifs is 3. The van der Waals surface area contributed by atoms with E-state index in [1.54, 1.807) is 0 Å². The van der Waals surface area contributed by atoms with E-state index in [0.717, 1.165) is 55.6 Å². The van der Waals surface area contributed by atoms with Crippen LogP contribution in [0.25, 0.3) is 61.8 Å². The minimum absolute atomic E-state index is 0. The Bertz CT molecular complexity index is 2710. The van der Waals surface area contributed by atoms with E-state index in [1.165, 1.54) is 5.56 Å². The molecule has 8 nitrogen and oxygen atoms in total. The molecule has 0 bridgehead atoms. The largest absolute Gasteiger partial charge is 0.510 e. The van der Waals surface area contributed by atoms with Crippen LogP contribution in [0.2, 0.25) is 0 Å². The third-order valence-electron chi connectivity index (χ3n) is 10.0. The fraction of sp³-hybridized carbons (Fsp3) is 0.146. The van der Waals surface area contributed by atoms with Gasteiger partial charge in [-0.1, -0.05) is 104 Å². The molecule has 4 heterocycles. The van der Waals surface area contributed by atoms with Crippen molar-refractivity contribution in [2.24, 2.45) is 0 Å². The summed E-state index contributed by atoms with van der Waals surface area (Å²) in [6.07, 6.45) is 5.79. The van der Waals surface area contributed by atoms with E-state index in [-0.39, 0.29) is 26.5 Å². The molecule has 0 atom stereocenters. The monoisotopic (exact) mass is 925 g/mol. The topological polar surface area (TPSA) is 72.2 Å². The van der Waals surface area contributed by atoms with Gasteiger partial charge in [-0.2, -0.15) is 12.7 Å². The third-order valence-corrected chi connectivity index (χ3v) is 10.0. The van der Waals surface area contributed by atoms with Crippen molar-refractivity contribution < 1.29 is 25.8 Å². The van der Waals surface area contributed by atoms with Crippen LogP contribution in [0.15, 0.2) is 128 Å². The molecule has 0 unspecified atom stereocenters. The predicted molar refractivity (Wildman–Crippen MR) is 224 cm³/mol. The van der Waals surface area contributed by atoms with Gasteiger partial charge in [0.25, 0.3) is 0 Å². The van der Waals surface area contributed by atoms with E-state index in [1.807, 2.05) is 78.5 Å². The zero-order valence-corrected chi connectivity index (χ0v) is 34.8. The van der Waals surface area contributed by atoms with Gasteiger partial charge in [-0.05, 0) is 73.4 Å². The molecule has 9 heteroatoms. The van der Waals surface area contributed by atoms with Crippen molar-refractivity contribution in [3.8, 4) is 51.5 Å². The number of rotatable bonds is 7. The van der Waals surface area contributed by atoms with Crippen LogP contribution in [-0.2, 0) is 26.5 Å². The zero-order valence-electron chi connectivity index (χ0n) is 32.6. The molecule has 0 saturated heterocycles. The summed E-state index contributed by atoms with van der Waals surface area (Å²) in [6, 6.07) is 44.3. The standard InChI is InChI=1S/C48H40N7O.Pt/c1-31-13-17-33(18-14-31)45-50-46(34-19-15-32(2)16-20-34)52-47(51-45)40-28-39-38-26-35(48(3,4)5)21-22-41(38)55(44-12-7-8-23-49-44)42(39)29-43(40)56-37-11-9-10-36(27-37)54-25-24-53(6)30-54;/h7-26,28,30H,1-6H3;/q-3;. The van der Waals surface area contributed by atoms with Gasteiger partial charge in [-0.3, -0.25) is 0 Å². The first-order chi connectivity index (χ1) is 27.1. The number of nitrogens with zero attached hydrogens (tertiary/aromatic N) is 7. The number of aryl methyl sites for hydroxylation is 2. The van der Waals surface area contributed by atoms with E-state index in [9.17, 15) is 0 Å². The van der Waals surface area contributed by atoms with Crippen molar-refractivity contribution in [3.05, 3.63) is 163 Å². The number of anilines is 1. The summed E-state index contributed by atoms with van der Waals surface area (Å²) in [5.41, 5.74) is 8.60. The molecule has 0 radical (unpaired) electrons. The molecule has 0 N–H and O–H groups in total. The van der Waals surface area contributed by atoms with Gasteiger partial charge in [-0.25, -0.2) is 19.9 Å². The van der Waals surface area contributed by atoms with Crippen molar-refractivity contribution >= 4 is 27.5 Å². The zero-order chi connectivity index (χ0) is 38.6. The maximum absolute atomic E-state index is 6.86. The summed E-state index contributed by atoms with van der Waals surface area (Å²) < 4.78 is 9.01. The molecule has 286 valence electrons. The van der Waals surface area contributed by atoms with Gasteiger partial charge in [0.2, 0.25) is 0 Å². The molecule has 1 aliphatic heterocycles. The predicted octanol–water partition coefficient (Wildman–Crippen LogP) is 11.0. The first-order valence-corrected chi connectivity index (χ1v) is 18.7. The molecule has 0 fully saturated rings. The Morgan fingerprint density at radius 1 is 0.684 bits per heavy atom. The first kappa shape index (κ1) is 37.8. The van der Waals surface area contributed by atoms with Gasteiger partial charge in [-0.15, -0.1) is 41.4 Å². The quantitative estimate of drug-likeness (QED) is 0.147. The Kier molecular flexibility index (Phi) is 10.0. The Morgan fingerprint density at radius 3 is 1.98 bits per heavy atom. The van der Waals surface area contributed by atoms with Gasteiger partial charge in [0.1, 0.15) is 11.6 Å². The molecule has 0 aliphatic carbocycles. The van der Waals surface area contributed by atoms with Gasteiger partial charge in [0, 0.05) is 55.4 Å². The molecule has 0 spiro atoms. The Balaban J connectivity index is 0.00000455. The normalized spacial score (nSPS) is 12.7. The summed E-state index contributed by atoms with van der Waals surface area (Å²) >= 11 is 0. The molecule has 57 heavy (non-hydrogen) atoms. The van der Waals surface area contributed by atoms with Gasteiger partial charge in [0.15, 0.2) is 11.6 Å². The molecular formula is C48H40N7OPt-3. The fourth-order valence-electron chi connectivity index (χ4n) is 6.92. The summed E-state index contributed by atoms with van der Waals surface area (Å²) in [5, 5.41) is 2.05. The van der Waals surface area contributed by atoms with Crippen LogP contribution in [0.5, 0.6) is 11.5 Å². The van der Waals surface area contributed by atoms with Crippen molar-refractivity contribution in [2.45, 2.75) is 40.0 Å². The van der Waals surface area contributed by atoms with Gasteiger partial charge in [0.05, 0.1) is 0 Å². The molecule has 3 aromatic heterocycles. The molecular weight excluding hydrogens is 886 g/mol. The van der Waals surface area contributed by atoms with E-state index >= 15 is 0 Å². The Hall–Kier alpha value is -6.11. The third kappa shape index (κ3) is 7.45. The average Bonchev–Trinajstić information content (AvgIpc) is 3.78. The number of aromatic nitrogens is 5. The molecule has 8 aromatic rings. The van der Waals surface area contributed by atoms with Crippen molar-refractivity contribution in [1.29, 1.82) is 0 Å². The van der Waals surface area contributed by atoms with E-state index in [0.29, 0.717) is 34.5 Å². The molecule has 0 saturated carbocycles. The Morgan fingerprint density at radius 2 is 1.37 bits per heavy atom. The number of ether oxygens (including phenoxy) is 1.